The summed E-state index contributed by atoms with van der Waals surface area (Å²) < 4.78 is 78.8. The van der Waals surface area contributed by atoms with E-state index in [4.69, 9.17) is 89.8 Å². The van der Waals surface area contributed by atoms with E-state index in [-0.39, 0.29) is 52.8 Å². The third kappa shape index (κ3) is 92.9. The predicted molar refractivity (Wildman–Crippen MR) is 154 cm³/mol. The molecule has 35 heteroatoms. The Kier molecular flexibility index (Phi) is 35.3. The van der Waals surface area contributed by atoms with Crippen LogP contribution in [0.15, 0.2) is 0 Å². The minimum atomic E-state index is -4.55. The van der Waals surface area contributed by atoms with Crippen LogP contribution in [0.1, 0.15) is 27.1 Å². The maximum atomic E-state index is 9.85. The van der Waals surface area contributed by atoms with E-state index in [9.17, 15) is 36.5 Å². The van der Waals surface area contributed by atoms with Gasteiger partial charge in [-0.2, -0.15) is 0 Å². The summed E-state index contributed by atoms with van der Waals surface area (Å²) in [5.74, 6) is -5.50. The fourth-order valence-electron chi connectivity index (χ4n) is 1.60. The van der Waals surface area contributed by atoms with E-state index in [1.165, 1.54) is 12.8 Å². The van der Waals surface area contributed by atoms with Gasteiger partial charge in [0, 0.05) is 0 Å². The molecule has 20 N–H and O–H groups in total. The van der Waals surface area contributed by atoms with Crippen molar-refractivity contribution in [1.82, 2.24) is 0 Å². The average Bonchev–Trinajstić information content (AvgIpc) is 2.55. The number of unbranched alkanes of at least 4 members (excludes halogenated alkanes) is 3. The van der Waals surface area contributed by atoms with Crippen LogP contribution in [0.5, 0.6) is 0 Å². The van der Waals surface area contributed by atoms with Crippen LogP contribution >= 0.6 is 60.8 Å². The first-order valence-electron chi connectivity index (χ1n) is 10.5. The molecule has 0 saturated carbocycles. The van der Waals surface area contributed by atoms with Crippen LogP contribution in [0.4, 0.5) is 0 Å². The number of hydrogen-bond acceptors (Lipinski definition) is 10. The van der Waals surface area contributed by atoms with Crippen LogP contribution in [-0.4, -0.2) is 115 Å². The Morgan fingerprint density at radius 3 is 0.467 bits per heavy atom. The van der Waals surface area contributed by atoms with Gasteiger partial charge in [-0.15, -0.1) is 0 Å². The van der Waals surface area contributed by atoms with Crippen LogP contribution in [0.2, 0.25) is 0 Å². The summed E-state index contributed by atoms with van der Waals surface area (Å²) in [5, 5.41) is 0. The van der Waals surface area contributed by atoms with Gasteiger partial charge in [-0.25, -0.2) is 0 Å². The van der Waals surface area contributed by atoms with E-state index in [1.807, 2.05) is 0 Å². The summed E-state index contributed by atoms with van der Waals surface area (Å²) in [4.78, 5) is 128. The third-order valence-corrected chi connectivity index (χ3v) is 14.4. The molecule has 0 heterocycles. The van der Waals surface area contributed by atoms with Crippen molar-refractivity contribution in [2.24, 2.45) is 11.5 Å². The first-order chi connectivity index (χ1) is 18.7. The summed E-state index contributed by atoms with van der Waals surface area (Å²) in [6.45, 7) is 1.65. The zero-order valence-corrected chi connectivity index (χ0v) is 33.5. The van der Waals surface area contributed by atoms with Crippen molar-refractivity contribution in [3.8, 4) is 0 Å². The summed E-state index contributed by atoms with van der Waals surface area (Å²) in [6.07, 6.45) is 4.79. The quantitative estimate of drug-likeness (QED) is 0.0467. The van der Waals surface area contributed by atoms with Gasteiger partial charge in [0.2, 0.25) is 0 Å². The van der Waals surface area contributed by atoms with Crippen LogP contribution in [0.3, 0.4) is 0 Å². The van der Waals surface area contributed by atoms with Gasteiger partial charge in [-0.1, -0.05) is 12.8 Å². The Morgan fingerprint density at radius 2 is 0.422 bits per heavy atom. The Hall–Kier alpha value is 2.76. The molecule has 276 valence electrons. The van der Waals surface area contributed by atoms with E-state index in [0.29, 0.717) is 0 Å². The molecule has 0 aromatic rings. The van der Waals surface area contributed by atoms with Crippen molar-refractivity contribution in [1.29, 1.82) is 0 Å². The second-order valence-corrected chi connectivity index (χ2v) is 23.0. The molecule has 0 radical (unpaired) electrons. The number of hydrogen-bond donors (Lipinski definition) is 18. The fourth-order valence-corrected chi connectivity index (χ4v) is 9.28. The van der Waals surface area contributed by atoms with E-state index >= 15 is 0 Å². The van der Waals surface area contributed by atoms with Crippen molar-refractivity contribution in [2.75, 3.05) is 36.7 Å². The first kappa shape index (κ1) is 59.9. The van der Waals surface area contributed by atoms with E-state index in [2.05, 4.69) is 0 Å². The molecule has 0 aliphatic carbocycles. The minimum absolute atomic E-state index is 0. The molecule has 0 aliphatic rings. The maximum absolute atomic E-state index is 9.85. The molecule has 0 atom stereocenters. The van der Waals surface area contributed by atoms with Gasteiger partial charge in [-0.3, -0.25) is 36.5 Å². The second-order valence-electron chi connectivity index (χ2n) is 7.87. The summed E-state index contributed by atoms with van der Waals surface area (Å²) in [6, 6.07) is 0. The van der Waals surface area contributed by atoms with Crippen molar-refractivity contribution in [2.45, 2.75) is 25.7 Å². The molecule has 0 rings (SSSR count). The monoisotopic (exact) mass is 860 g/mol. The zero-order chi connectivity index (χ0) is 37.1. The summed E-state index contributed by atoms with van der Waals surface area (Å²) >= 11 is 0. The van der Waals surface area contributed by atoms with Gasteiger partial charge in [-0.05, 0) is 25.9 Å². The number of nitrogens with two attached hydrogens (primary N) is 2. The largest absolute Gasteiger partial charge is 1.00 e. The van der Waals surface area contributed by atoms with Crippen LogP contribution in [0, 0.1) is 0 Å². The third-order valence-electron chi connectivity index (χ3n) is 2.63. The fraction of sp³-hybridized carbons (Fsp3) is 1.00. The molecule has 0 spiro atoms. The standard InChI is InChI=1S/C6H16N2.4CH6O6P2.K.H/c7-5-3-1-2-4-6-8;4*2-8(3,4)1-9(5,6)7;;/h1-8H2;4*1H2,(H2,2,3,4)(H2,5,6,7);;/q;;;;;+1;-1. The number of rotatable bonds is 13. The zero-order valence-electron chi connectivity index (χ0n) is 24.2. The topological polar surface area (TPSA) is 512 Å². The Labute approximate surface area is 300 Å². The van der Waals surface area contributed by atoms with Gasteiger partial charge < -0.3 is 91.2 Å². The minimum Gasteiger partial charge on any atom is -1.00 e. The second kappa shape index (κ2) is 26.5. The molecule has 45 heavy (non-hydrogen) atoms. The van der Waals surface area contributed by atoms with E-state index in [0.717, 1.165) is 25.9 Å². The Morgan fingerprint density at radius 1 is 0.311 bits per heavy atom. The van der Waals surface area contributed by atoms with Crippen molar-refractivity contribution in [3.63, 3.8) is 0 Å². The summed E-state index contributed by atoms with van der Waals surface area (Å²) in [5.41, 5.74) is 10.6. The van der Waals surface area contributed by atoms with Gasteiger partial charge >= 0.3 is 112 Å². The molecule has 0 amide bonds. The van der Waals surface area contributed by atoms with Crippen LogP contribution < -0.4 is 62.9 Å². The average molecular weight is 860 g/mol. The normalized spacial score (nSPS) is 12.8. The summed E-state index contributed by atoms with van der Waals surface area (Å²) in [7, 11) is -36.4. The van der Waals surface area contributed by atoms with E-state index in [1.54, 1.807) is 0 Å². The molecule has 0 aliphatic heterocycles. The maximum Gasteiger partial charge on any atom is 1.00 e. The van der Waals surface area contributed by atoms with Crippen LogP contribution in [-0.2, 0) is 36.5 Å². The predicted octanol–water partition coefficient (Wildman–Crippen LogP) is -5.22. The van der Waals surface area contributed by atoms with Gasteiger partial charge in [0.15, 0.2) is 23.6 Å². The molecule has 0 bridgehead atoms. The SMILES string of the molecule is NCCCCCCN.O=P(O)(O)CP(=O)(O)O.O=P(O)(O)CP(=O)(O)O.O=P(O)(O)CP(=O)(O)O.O=P(O)(O)CP(=O)(O)O.[H-].[K+]. The molecule has 0 unspecified atom stereocenters. The van der Waals surface area contributed by atoms with Crippen molar-refractivity contribution >= 4 is 60.8 Å². The molecule has 0 fully saturated rings. The molecular weight excluding hydrogens is 819 g/mol. The van der Waals surface area contributed by atoms with Crippen molar-refractivity contribution < 1.29 is 168 Å². The van der Waals surface area contributed by atoms with Gasteiger partial charge in [0.25, 0.3) is 0 Å². The first-order valence-corrected chi connectivity index (χ1v) is 24.9. The van der Waals surface area contributed by atoms with Gasteiger partial charge in [0.05, 0.1) is 0 Å². The Bertz CT molecular complexity index is 903. The van der Waals surface area contributed by atoms with E-state index < -0.39 is 84.4 Å². The van der Waals surface area contributed by atoms with Crippen LogP contribution in [0.25, 0.3) is 0 Å². The van der Waals surface area contributed by atoms with Crippen molar-refractivity contribution in [3.05, 3.63) is 0 Å². The molecule has 26 nitrogen and oxygen atoms in total. The molecule has 0 saturated heterocycles. The molecule has 0 aromatic carbocycles. The smallest absolute Gasteiger partial charge is 1.00 e. The molecule has 0 aromatic heterocycles. The molecular formula is C10H41KN2O24P8. The van der Waals surface area contributed by atoms with Gasteiger partial charge in [0.1, 0.15) is 0 Å². The Balaban J connectivity index is -0.0000000818.